The molecule has 2 saturated heterocycles. The number of nitrogens with one attached hydrogen (secondary N) is 2. The van der Waals surface area contributed by atoms with E-state index in [1.54, 1.807) is 0 Å². The van der Waals surface area contributed by atoms with E-state index in [-0.39, 0.29) is 0 Å². The van der Waals surface area contributed by atoms with Crippen LogP contribution in [0.15, 0.2) is 0 Å². The van der Waals surface area contributed by atoms with Gasteiger partial charge in [-0.25, -0.2) is 4.79 Å². The maximum absolute atomic E-state index is 11.9. The van der Waals surface area contributed by atoms with Gasteiger partial charge >= 0.3 is 11.9 Å². The van der Waals surface area contributed by atoms with E-state index in [1.807, 2.05) is 0 Å². The minimum Gasteiger partial charge on any atom is -0.477 e. The Hall–Kier alpha value is -1.83. The van der Waals surface area contributed by atoms with Crippen LogP contribution in [0.2, 0.25) is 0 Å². The van der Waals surface area contributed by atoms with Crippen molar-refractivity contribution in [2.45, 2.75) is 68.5 Å². The zero-order chi connectivity index (χ0) is 21.1. The molecular formula is C16H26N2O10. The van der Waals surface area contributed by atoms with Gasteiger partial charge in [0.1, 0.15) is 31.0 Å². The lowest BCUT2D eigenvalue weighted by Crippen LogP contribution is -2.67. The number of carbonyl (C=O) groups excluding carboxylic acids is 2. The number of aliphatic carboxylic acids is 1. The van der Waals surface area contributed by atoms with Crippen LogP contribution >= 0.6 is 0 Å². The van der Waals surface area contributed by atoms with Gasteiger partial charge in [0.05, 0.1) is 12.1 Å². The fourth-order valence-corrected chi connectivity index (χ4v) is 3.28. The predicted molar refractivity (Wildman–Crippen MR) is 89.7 cm³/mol. The number of aliphatic hydroxyl groups excluding tert-OH is 3. The smallest absolute Gasteiger partial charge is 0.364 e. The Morgan fingerprint density at radius 3 is 2.57 bits per heavy atom. The van der Waals surface area contributed by atoms with Crippen molar-refractivity contribution in [2.75, 3.05) is 13.2 Å². The van der Waals surface area contributed by atoms with E-state index in [0.29, 0.717) is 13.0 Å². The summed E-state index contributed by atoms with van der Waals surface area (Å²) in [6.07, 6.45) is -6.29. The molecule has 2 aliphatic rings. The molecule has 12 nitrogen and oxygen atoms in total. The van der Waals surface area contributed by atoms with Gasteiger partial charge in [-0.15, -0.1) is 0 Å². The molecule has 0 aromatic rings. The van der Waals surface area contributed by atoms with Crippen molar-refractivity contribution < 1.29 is 49.4 Å². The first-order valence-electron chi connectivity index (χ1n) is 8.90. The summed E-state index contributed by atoms with van der Waals surface area (Å²) in [5.74, 6) is -5.87. The Bertz CT molecular complexity index is 596. The summed E-state index contributed by atoms with van der Waals surface area (Å²) in [6.45, 7) is 1.15. The highest BCUT2D eigenvalue weighted by atomic mass is 16.7. The van der Waals surface area contributed by atoms with Crippen LogP contribution in [0.5, 0.6) is 0 Å². The van der Waals surface area contributed by atoms with Crippen molar-refractivity contribution in [1.82, 2.24) is 10.6 Å². The van der Waals surface area contributed by atoms with Crippen molar-refractivity contribution in [3.05, 3.63) is 0 Å². The molecule has 2 heterocycles. The summed E-state index contributed by atoms with van der Waals surface area (Å²) in [7, 11) is 0. The fraction of sp³-hybridized carbons (Fsp3) is 0.812. The van der Waals surface area contributed by atoms with Crippen LogP contribution in [-0.2, 0) is 23.9 Å². The maximum atomic E-state index is 11.9. The molecule has 7 N–H and O–H groups in total. The Labute approximate surface area is 160 Å². The number of carbonyl (C=O) groups is 3. The van der Waals surface area contributed by atoms with Crippen LogP contribution in [0.1, 0.15) is 26.2 Å². The predicted octanol–water partition coefficient (Wildman–Crippen LogP) is -3.57. The van der Waals surface area contributed by atoms with Crippen LogP contribution in [-0.4, -0.2) is 98.8 Å². The molecule has 1 amide bonds. The minimum absolute atomic E-state index is 0.513. The molecule has 2 rings (SSSR count). The van der Waals surface area contributed by atoms with Crippen LogP contribution in [0.25, 0.3) is 0 Å². The molecule has 28 heavy (non-hydrogen) atoms. The van der Waals surface area contributed by atoms with Gasteiger partial charge in [0.2, 0.25) is 5.91 Å². The lowest BCUT2D eigenvalue weighted by molar-refractivity contribution is -0.295. The molecule has 0 aliphatic carbocycles. The van der Waals surface area contributed by atoms with E-state index in [2.05, 4.69) is 10.6 Å². The summed E-state index contributed by atoms with van der Waals surface area (Å²) < 4.78 is 9.97. The van der Waals surface area contributed by atoms with E-state index in [0.717, 1.165) is 13.3 Å². The van der Waals surface area contributed by atoms with Crippen LogP contribution in [0.3, 0.4) is 0 Å². The Balaban J connectivity index is 2.07. The second-order valence-electron chi connectivity index (χ2n) is 7.01. The monoisotopic (exact) mass is 406 g/mol. The second kappa shape index (κ2) is 9.11. The third-order valence-electron chi connectivity index (χ3n) is 4.76. The average Bonchev–Trinajstić information content (AvgIpc) is 3.15. The molecule has 0 aromatic heterocycles. The van der Waals surface area contributed by atoms with Gasteiger partial charge in [0.25, 0.3) is 5.79 Å². The lowest BCUT2D eigenvalue weighted by atomic mass is 9.88. The zero-order valence-electron chi connectivity index (χ0n) is 15.3. The molecule has 0 bridgehead atoms. The van der Waals surface area contributed by atoms with Crippen LogP contribution in [0.4, 0.5) is 0 Å². The molecule has 0 saturated carbocycles. The molecule has 160 valence electrons. The van der Waals surface area contributed by atoms with Gasteiger partial charge in [0, 0.05) is 13.3 Å². The third-order valence-corrected chi connectivity index (χ3v) is 4.76. The molecule has 0 aromatic carbocycles. The SMILES string of the molecule is CC(=O)NC1C(O)CC(O)(C(=O)O)OC1C(O)C(O)COC(=O)C1CCCN1. The molecule has 7 unspecified atom stereocenters. The van der Waals surface area contributed by atoms with Gasteiger partial charge in [-0.05, 0) is 19.4 Å². The first-order valence-corrected chi connectivity index (χ1v) is 8.90. The number of carboxylic acid groups (broad SMARTS) is 1. The molecule has 2 fully saturated rings. The van der Waals surface area contributed by atoms with Crippen molar-refractivity contribution in [1.29, 1.82) is 0 Å². The average molecular weight is 406 g/mol. The molecule has 12 heteroatoms. The third kappa shape index (κ3) is 5.16. The molecular weight excluding hydrogens is 380 g/mol. The molecule has 0 radical (unpaired) electrons. The van der Waals surface area contributed by atoms with E-state index in [4.69, 9.17) is 14.6 Å². The van der Waals surface area contributed by atoms with Crippen molar-refractivity contribution in [2.24, 2.45) is 0 Å². The van der Waals surface area contributed by atoms with Gasteiger partial charge in [-0.3, -0.25) is 9.59 Å². The normalized spacial score (nSPS) is 35.0. The summed E-state index contributed by atoms with van der Waals surface area (Å²) in [5.41, 5.74) is 0. The quantitative estimate of drug-likeness (QED) is 0.207. The van der Waals surface area contributed by atoms with Crippen molar-refractivity contribution in [3.8, 4) is 0 Å². The number of esters is 1. The summed E-state index contributed by atoms with van der Waals surface area (Å²) in [4.78, 5) is 34.5. The minimum atomic E-state index is -2.83. The maximum Gasteiger partial charge on any atom is 0.364 e. The van der Waals surface area contributed by atoms with Gasteiger partial charge in [0.15, 0.2) is 0 Å². The van der Waals surface area contributed by atoms with Crippen LogP contribution in [0, 0.1) is 0 Å². The second-order valence-corrected chi connectivity index (χ2v) is 7.01. The Kier molecular flexibility index (Phi) is 7.31. The Morgan fingerprint density at radius 2 is 2.04 bits per heavy atom. The van der Waals surface area contributed by atoms with Gasteiger partial charge in [-0.2, -0.15) is 0 Å². The first kappa shape index (κ1) is 22.5. The number of amides is 1. The number of hydrogen-bond donors (Lipinski definition) is 7. The first-order chi connectivity index (χ1) is 13.0. The molecule has 2 aliphatic heterocycles. The largest absolute Gasteiger partial charge is 0.477 e. The summed E-state index contributed by atoms with van der Waals surface area (Å²) in [5, 5.41) is 55.1. The van der Waals surface area contributed by atoms with Gasteiger partial charge in [-0.1, -0.05) is 0 Å². The van der Waals surface area contributed by atoms with E-state index < -0.39 is 73.2 Å². The number of carboxylic acids is 1. The fourth-order valence-electron chi connectivity index (χ4n) is 3.28. The molecule has 0 spiro atoms. The van der Waals surface area contributed by atoms with E-state index >= 15 is 0 Å². The van der Waals surface area contributed by atoms with Crippen LogP contribution < -0.4 is 10.6 Å². The highest BCUT2D eigenvalue weighted by Crippen LogP contribution is 2.30. The Morgan fingerprint density at radius 1 is 1.36 bits per heavy atom. The van der Waals surface area contributed by atoms with Crippen molar-refractivity contribution >= 4 is 17.8 Å². The topological polar surface area (TPSA) is 195 Å². The number of aliphatic hydroxyl groups is 4. The summed E-state index contributed by atoms with van der Waals surface area (Å²) in [6, 6.07) is -1.82. The zero-order valence-corrected chi connectivity index (χ0v) is 15.3. The highest BCUT2D eigenvalue weighted by molar-refractivity contribution is 5.76. The number of rotatable bonds is 7. The lowest BCUT2D eigenvalue weighted by Gasteiger charge is -2.44. The number of ether oxygens (including phenoxy) is 2. The van der Waals surface area contributed by atoms with Crippen molar-refractivity contribution in [3.63, 3.8) is 0 Å². The number of hydrogen-bond acceptors (Lipinski definition) is 10. The van der Waals surface area contributed by atoms with Gasteiger partial charge < -0.3 is 45.6 Å². The standard InChI is InChI=1S/C16H26N2O10/c1-7(19)18-11-9(20)5-16(26,15(24)25)28-13(11)12(22)10(21)6-27-14(23)8-3-2-4-17-8/h8-13,17,20-22,26H,2-6H2,1H3,(H,18,19)(H,24,25). The van der Waals surface area contributed by atoms with E-state index in [9.17, 15) is 34.8 Å². The molecule has 7 atom stereocenters. The highest BCUT2D eigenvalue weighted by Gasteiger charge is 2.54. The summed E-state index contributed by atoms with van der Waals surface area (Å²) >= 11 is 0. The van der Waals surface area contributed by atoms with E-state index in [1.165, 1.54) is 0 Å².